The molecule has 0 saturated carbocycles. The molecular formula is C22H23N5O. The van der Waals surface area contributed by atoms with Crippen LogP contribution in [0, 0.1) is 13.8 Å². The summed E-state index contributed by atoms with van der Waals surface area (Å²) in [6.45, 7) is 5.54. The Balaban J connectivity index is 1.51. The number of carbonyl (C=O) groups excluding carboxylic acids is 1. The van der Waals surface area contributed by atoms with E-state index in [-0.39, 0.29) is 6.03 Å². The van der Waals surface area contributed by atoms with E-state index in [0.717, 1.165) is 48.1 Å². The van der Waals surface area contributed by atoms with Gasteiger partial charge in [-0.3, -0.25) is 4.98 Å². The standard InChI is InChI=1S/C22H23N5O/c1-15-13-23-16(2)21(24-15)27-12-11-19-17(14-27)7-6-10-20(19)26-22(28)25-18-8-4-3-5-9-18/h3-10,13H,11-12,14H2,1-2H3,(H2,25,26,28). The quantitative estimate of drug-likeness (QED) is 0.718. The van der Waals surface area contributed by atoms with Crippen molar-refractivity contribution >= 4 is 23.2 Å². The summed E-state index contributed by atoms with van der Waals surface area (Å²) in [5.41, 5.74) is 5.86. The summed E-state index contributed by atoms with van der Waals surface area (Å²) in [7, 11) is 0. The molecule has 2 aromatic carbocycles. The monoisotopic (exact) mass is 373 g/mol. The number of amides is 2. The van der Waals surface area contributed by atoms with Crippen molar-refractivity contribution < 1.29 is 4.79 Å². The number of hydrogen-bond acceptors (Lipinski definition) is 4. The van der Waals surface area contributed by atoms with E-state index in [1.165, 1.54) is 11.1 Å². The third-order valence-corrected chi connectivity index (χ3v) is 4.90. The third kappa shape index (κ3) is 3.81. The minimum atomic E-state index is -0.234. The number of aromatic nitrogens is 2. The van der Waals surface area contributed by atoms with E-state index in [1.54, 1.807) is 6.20 Å². The molecule has 0 radical (unpaired) electrons. The first kappa shape index (κ1) is 18.0. The van der Waals surface area contributed by atoms with Crippen molar-refractivity contribution in [2.45, 2.75) is 26.8 Å². The van der Waals surface area contributed by atoms with Gasteiger partial charge in [0.05, 0.1) is 11.4 Å². The molecule has 28 heavy (non-hydrogen) atoms. The third-order valence-electron chi connectivity index (χ3n) is 4.90. The largest absolute Gasteiger partial charge is 0.350 e. The van der Waals surface area contributed by atoms with Crippen LogP contribution in [0.4, 0.5) is 22.0 Å². The highest BCUT2D eigenvalue weighted by molar-refractivity contribution is 6.00. The molecule has 2 N–H and O–H groups in total. The average molecular weight is 373 g/mol. The number of rotatable bonds is 3. The second-order valence-corrected chi connectivity index (χ2v) is 6.98. The topological polar surface area (TPSA) is 70.2 Å². The minimum Gasteiger partial charge on any atom is -0.350 e. The molecule has 0 bridgehead atoms. The van der Waals surface area contributed by atoms with Gasteiger partial charge >= 0.3 is 6.03 Å². The normalized spacial score (nSPS) is 13.0. The number of aryl methyl sites for hydroxylation is 2. The van der Waals surface area contributed by atoms with Crippen LogP contribution in [0.15, 0.2) is 54.7 Å². The first-order valence-corrected chi connectivity index (χ1v) is 9.39. The summed E-state index contributed by atoms with van der Waals surface area (Å²) in [6, 6.07) is 15.2. The molecule has 3 aromatic rings. The van der Waals surface area contributed by atoms with E-state index in [9.17, 15) is 4.79 Å². The lowest BCUT2D eigenvalue weighted by molar-refractivity contribution is 0.262. The number of nitrogens with zero attached hydrogens (tertiary/aromatic N) is 3. The Kier molecular flexibility index (Phi) is 4.93. The lowest BCUT2D eigenvalue weighted by Crippen LogP contribution is -2.33. The van der Waals surface area contributed by atoms with Gasteiger partial charge in [-0.2, -0.15) is 0 Å². The summed E-state index contributed by atoms with van der Waals surface area (Å²) in [5, 5.41) is 5.86. The minimum absolute atomic E-state index is 0.234. The second-order valence-electron chi connectivity index (χ2n) is 6.98. The predicted octanol–water partition coefficient (Wildman–Crippen LogP) is 4.30. The molecule has 0 spiro atoms. The lowest BCUT2D eigenvalue weighted by Gasteiger charge is -2.31. The van der Waals surface area contributed by atoms with Crippen LogP contribution in [0.5, 0.6) is 0 Å². The molecule has 1 aliphatic rings. The zero-order valence-electron chi connectivity index (χ0n) is 16.1. The summed E-state index contributed by atoms with van der Waals surface area (Å²) in [6.07, 6.45) is 2.64. The fourth-order valence-electron chi connectivity index (χ4n) is 3.54. The van der Waals surface area contributed by atoms with Crippen LogP contribution in [-0.4, -0.2) is 22.5 Å². The molecule has 6 heteroatoms. The number of para-hydroxylation sites is 1. The van der Waals surface area contributed by atoms with Gasteiger partial charge in [0.2, 0.25) is 0 Å². The molecule has 6 nitrogen and oxygen atoms in total. The maximum absolute atomic E-state index is 12.4. The number of hydrogen-bond donors (Lipinski definition) is 2. The Morgan fingerprint density at radius 2 is 1.86 bits per heavy atom. The SMILES string of the molecule is Cc1cnc(C)c(N2CCc3c(cccc3NC(=O)Nc3ccccc3)C2)n1. The van der Waals surface area contributed by atoms with Crippen LogP contribution >= 0.6 is 0 Å². The van der Waals surface area contributed by atoms with E-state index in [2.05, 4.69) is 31.6 Å². The highest BCUT2D eigenvalue weighted by Gasteiger charge is 2.22. The number of carbonyl (C=O) groups is 1. The molecule has 1 aliphatic heterocycles. The van der Waals surface area contributed by atoms with Crippen LogP contribution in [0.3, 0.4) is 0 Å². The Bertz CT molecular complexity index is 1000. The van der Waals surface area contributed by atoms with Gasteiger partial charge in [0.1, 0.15) is 0 Å². The van der Waals surface area contributed by atoms with Gasteiger partial charge in [-0.1, -0.05) is 30.3 Å². The summed E-state index contributed by atoms with van der Waals surface area (Å²) in [5.74, 6) is 0.936. The number of nitrogens with one attached hydrogen (secondary N) is 2. The zero-order valence-corrected chi connectivity index (χ0v) is 16.1. The van der Waals surface area contributed by atoms with Crippen molar-refractivity contribution in [2.75, 3.05) is 22.1 Å². The Morgan fingerprint density at radius 3 is 2.68 bits per heavy atom. The number of benzene rings is 2. The molecule has 142 valence electrons. The molecule has 4 rings (SSSR count). The summed E-state index contributed by atoms with van der Waals surface area (Å²) >= 11 is 0. The molecule has 0 saturated heterocycles. The highest BCUT2D eigenvalue weighted by Crippen LogP contribution is 2.29. The van der Waals surface area contributed by atoms with Gasteiger partial charge in [-0.05, 0) is 49.6 Å². The van der Waals surface area contributed by atoms with Crippen LogP contribution in [0.2, 0.25) is 0 Å². The summed E-state index contributed by atoms with van der Waals surface area (Å²) < 4.78 is 0. The van der Waals surface area contributed by atoms with Crippen LogP contribution < -0.4 is 15.5 Å². The van der Waals surface area contributed by atoms with Gasteiger partial charge in [0, 0.05) is 30.7 Å². The van der Waals surface area contributed by atoms with Gasteiger partial charge < -0.3 is 15.5 Å². The van der Waals surface area contributed by atoms with Gasteiger partial charge in [-0.15, -0.1) is 0 Å². The van der Waals surface area contributed by atoms with Gasteiger partial charge in [0.15, 0.2) is 5.82 Å². The van der Waals surface area contributed by atoms with Crippen LogP contribution in [0.25, 0.3) is 0 Å². The molecule has 0 atom stereocenters. The average Bonchev–Trinajstić information content (AvgIpc) is 2.70. The first-order valence-electron chi connectivity index (χ1n) is 9.39. The van der Waals surface area contributed by atoms with E-state index in [1.807, 2.05) is 56.3 Å². The Morgan fingerprint density at radius 1 is 1.04 bits per heavy atom. The van der Waals surface area contributed by atoms with E-state index in [4.69, 9.17) is 0 Å². The molecular weight excluding hydrogens is 350 g/mol. The second kappa shape index (κ2) is 7.68. The molecule has 0 fully saturated rings. The van der Waals surface area contributed by atoms with E-state index >= 15 is 0 Å². The number of urea groups is 1. The van der Waals surface area contributed by atoms with Crippen molar-refractivity contribution in [2.24, 2.45) is 0 Å². The smallest absolute Gasteiger partial charge is 0.323 e. The van der Waals surface area contributed by atoms with Crippen LogP contribution in [-0.2, 0) is 13.0 Å². The highest BCUT2D eigenvalue weighted by atomic mass is 16.2. The van der Waals surface area contributed by atoms with E-state index < -0.39 is 0 Å². The van der Waals surface area contributed by atoms with Crippen LogP contribution in [0.1, 0.15) is 22.5 Å². The summed E-state index contributed by atoms with van der Waals surface area (Å²) in [4.78, 5) is 23.7. The maximum Gasteiger partial charge on any atom is 0.323 e. The fraction of sp³-hybridized carbons (Fsp3) is 0.227. The lowest BCUT2D eigenvalue weighted by atomic mass is 9.97. The van der Waals surface area contributed by atoms with E-state index in [0.29, 0.717) is 0 Å². The zero-order chi connectivity index (χ0) is 19.5. The number of fused-ring (bicyclic) bond motifs is 1. The van der Waals surface area contributed by atoms with Crippen molar-refractivity contribution in [3.63, 3.8) is 0 Å². The molecule has 2 heterocycles. The molecule has 2 amide bonds. The van der Waals surface area contributed by atoms with Crippen molar-refractivity contribution in [3.8, 4) is 0 Å². The van der Waals surface area contributed by atoms with Crippen molar-refractivity contribution in [3.05, 3.63) is 77.2 Å². The molecule has 0 unspecified atom stereocenters. The maximum atomic E-state index is 12.4. The first-order chi connectivity index (χ1) is 13.6. The predicted molar refractivity (Wildman–Crippen MR) is 112 cm³/mol. The van der Waals surface area contributed by atoms with Gasteiger partial charge in [0.25, 0.3) is 0 Å². The molecule has 1 aromatic heterocycles. The Labute approximate surface area is 164 Å². The van der Waals surface area contributed by atoms with Crippen molar-refractivity contribution in [1.29, 1.82) is 0 Å². The Hall–Kier alpha value is -3.41. The molecule has 0 aliphatic carbocycles. The fourth-order valence-corrected chi connectivity index (χ4v) is 3.54. The van der Waals surface area contributed by atoms with Crippen molar-refractivity contribution in [1.82, 2.24) is 9.97 Å². The van der Waals surface area contributed by atoms with Gasteiger partial charge in [-0.25, -0.2) is 9.78 Å². The number of anilines is 3.